The number of rotatable bonds is 10. The van der Waals surface area contributed by atoms with Crippen LogP contribution in [0.25, 0.3) is 5.57 Å². The number of nitrogens with zero attached hydrogens (tertiary/aromatic N) is 2. The number of aromatic nitrogens is 1. The maximum absolute atomic E-state index is 14.1. The van der Waals surface area contributed by atoms with Gasteiger partial charge in [0.05, 0.1) is 17.8 Å². The number of likely N-dealkylation sites (tertiary alicyclic amines) is 1. The van der Waals surface area contributed by atoms with Crippen LogP contribution in [0.15, 0.2) is 73.0 Å². The molecule has 5 rings (SSSR count). The average Bonchev–Trinajstić information content (AvgIpc) is 3.59. The normalized spacial score (nSPS) is 23.0. The molecule has 3 heterocycles. The van der Waals surface area contributed by atoms with Gasteiger partial charge in [0.25, 0.3) is 0 Å². The van der Waals surface area contributed by atoms with Gasteiger partial charge in [-0.05, 0) is 105 Å². The Morgan fingerprint density at radius 2 is 1.87 bits per heavy atom. The zero-order chi connectivity index (χ0) is 33.6. The Balaban J connectivity index is 1.41. The fourth-order valence-corrected chi connectivity index (χ4v) is 7.57. The summed E-state index contributed by atoms with van der Waals surface area (Å²) in [7, 11) is -2.31. The largest absolute Gasteiger partial charge is 0.486 e. The van der Waals surface area contributed by atoms with Crippen molar-refractivity contribution in [2.75, 3.05) is 32.8 Å². The fourth-order valence-electron chi connectivity index (χ4n) is 6.28. The second kappa shape index (κ2) is 15.3. The van der Waals surface area contributed by atoms with Crippen LogP contribution in [-0.2, 0) is 9.22 Å². The van der Waals surface area contributed by atoms with Crippen LogP contribution < -0.4 is 14.8 Å². The quantitative estimate of drug-likeness (QED) is 0.270. The summed E-state index contributed by atoms with van der Waals surface area (Å²) in [6, 6.07) is 11.5. The Morgan fingerprint density at radius 1 is 1.13 bits per heavy atom. The van der Waals surface area contributed by atoms with E-state index in [0.717, 1.165) is 54.1 Å². The lowest BCUT2D eigenvalue weighted by atomic mass is 9.89. The molecule has 1 amide bonds. The zero-order valence-electron chi connectivity index (χ0n) is 28.8. The predicted molar refractivity (Wildman–Crippen MR) is 190 cm³/mol. The molecule has 1 saturated heterocycles. The first-order chi connectivity index (χ1) is 22.4. The monoisotopic (exact) mass is 659 g/mol. The van der Waals surface area contributed by atoms with Crippen molar-refractivity contribution in [3.05, 3.63) is 84.2 Å². The third-order valence-electron chi connectivity index (χ3n) is 10.1. The number of ether oxygens (including phenoxy) is 2. The number of carbonyl (C=O) groups excluding carboxylic acids is 1. The Morgan fingerprint density at radius 3 is 2.57 bits per heavy atom. The summed E-state index contributed by atoms with van der Waals surface area (Å²) in [5, 5.41) is 14.9. The first kappa shape index (κ1) is 35.1. The minimum Gasteiger partial charge on any atom is -0.486 e. The molecule has 2 aliphatic heterocycles. The Kier molecular flexibility index (Phi) is 11.4. The van der Waals surface area contributed by atoms with Crippen molar-refractivity contribution >= 4 is 19.8 Å². The first-order valence-corrected chi connectivity index (χ1v) is 20.1. The van der Waals surface area contributed by atoms with Gasteiger partial charge in [-0.25, -0.2) is 0 Å². The molecule has 9 heteroatoms. The molecule has 2 unspecified atom stereocenters. The molecular weight excluding hydrogens is 607 g/mol. The summed E-state index contributed by atoms with van der Waals surface area (Å²) in [6.07, 6.45) is 10.4. The second-order valence-corrected chi connectivity index (χ2v) is 19.4. The fraction of sp³-hybridized carbons (Fsp3) is 0.526. The lowest BCUT2D eigenvalue weighted by Crippen LogP contribution is -2.54. The van der Waals surface area contributed by atoms with Crippen molar-refractivity contribution < 1.29 is 23.8 Å². The number of hydrogen-bond donors (Lipinski definition) is 2. The molecule has 4 atom stereocenters. The van der Waals surface area contributed by atoms with Gasteiger partial charge in [0, 0.05) is 12.7 Å². The van der Waals surface area contributed by atoms with Gasteiger partial charge in [-0.15, -0.1) is 0 Å². The lowest BCUT2D eigenvalue weighted by molar-refractivity contribution is -0.134. The van der Waals surface area contributed by atoms with E-state index >= 15 is 0 Å². The van der Waals surface area contributed by atoms with E-state index in [9.17, 15) is 9.90 Å². The number of carbonyl (C=O) groups is 1. The van der Waals surface area contributed by atoms with Gasteiger partial charge in [0.15, 0.2) is 19.8 Å². The maximum Gasteiger partial charge on any atom is 0.249 e. The summed E-state index contributed by atoms with van der Waals surface area (Å²) in [4.78, 5) is 21.0. The van der Waals surface area contributed by atoms with Crippen LogP contribution in [0.3, 0.4) is 0 Å². The van der Waals surface area contributed by atoms with Gasteiger partial charge in [-0.1, -0.05) is 63.3 Å². The molecule has 1 aliphatic carbocycles. The van der Waals surface area contributed by atoms with Crippen molar-refractivity contribution in [1.29, 1.82) is 0 Å². The number of hydrogen-bond acceptors (Lipinski definition) is 7. The summed E-state index contributed by atoms with van der Waals surface area (Å²) in [6.45, 7) is 19.0. The Hall–Kier alpha value is -3.24. The lowest BCUT2D eigenvalue weighted by Gasteiger charge is -2.42. The average molecular weight is 660 g/mol. The van der Waals surface area contributed by atoms with Crippen molar-refractivity contribution in [1.82, 2.24) is 15.2 Å². The van der Waals surface area contributed by atoms with E-state index in [1.165, 1.54) is 0 Å². The number of nitrogens with one attached hydrogen (secondary N) is 1. The van der Waals surface area contributed by atoms with Crippen molar-refractivity contribution in [2.24, 2.45) is 5.92 Å². The van der Waals surface area contributed by atoms with Gasteiger partial charge in [0.1, 0.15) is 19.3 Å². The molecule has 0 saturated carbocycles. The van der Waals surface area contributed by atoms with Gasteiger partial charge < -0.3 is 29.2 Å². The molecule has 3 aliphatic rings. The maximum atomic E-state index is 14.1. The number of fused-ring (bicyclic) bond motifs is 1. The van der Waals surface area contributed by atoms with Crippen LogP contribution in [0, 0.1) is 5.92 Å². The molecule has 47 heavy (non-hydrogen) atoms. The van der Waals surface area contributed by atoms with Crippen LogP contribution in [0.5, 0.6) is 11.5 Å². The van der Waals surface area contributed by atoms with Crippen LogP contribution in [0.4, 0.5) is 0 Å². The highest BCUT2D eigenvalue weighted by molar-refractivity contribution is 6.74. The molecule has 1 fully saturated rings. The molecule has 254 valence electrons. The molecule has 2 N–H and O–H groups in total. The summed E-state index contributed by atoms with van der Waals surface area (Å²) in [5.41, 5.74) is 3.72. The standard InChI is InChI=1S/C38H53N3O5Si/c1-27-15-16-28(31-14-7-8-19-39-31)12-11-13-29(24-27)35(42)37(43)40-32(26-41-20-9-10-21-41)36(46-47(5,6)38(2,3)4)30-17-18-33-34(25-30)45-23-22-44-33/h7-8,12,14-19,25,29,32,35-36,42H,1,9-11,13,20-24,26H2,2-6H3,(H,40,43)/b16-15-,28-12+/t29?,32-,35?,36-/m1/s1. The second-order valence-electron chi connectivity index (χ2n) is 14.7. The summed E-state index contributed by atoms with van der Waals surface area (Å²) >= 11 is 0. The molecular formula is C38H53N3O5Si. The van der Waals surface area contributed by atoms with Crippen molar-refractivity contribution in [3.8, 4) is 11.5 Å². The Labute approximate surface area is 282 Å². The van der Waals surface area contributed by atoms with E-state index in [-0.39, 0.29) is 22.9 Å². The third kappa shape index (κ3) is 9.02. The molecule has 1 aromatic carbocycles. The highest BCUT2D eigenvalue weighted by Gasteiger charge is 2.43. The smallest absolute Gasteiger partial charge is 0.249 e. The molecule has 0 bridgehead atoms. The number of benzene rings is 1. The highest BCUT2D eigenvalue weighted by Crippen LogP contribution is 2.42. The highest BCUT2D eigenvalue weighted by atomic mass is 28.4. The number of aliphatic hydroxyl groups excluding tert-OH is 1. The predicted octanol–water partition coefficient (Wildman–Crippen LogP) is 6.85. The SMILES string of the molecule is C=C1/C=C\C(c2ccccn2)=C/CCC(C(O)C(=O)N[C@H](CN2CCCC2)[C@H](O[Si](C)(C)C(C)(C)C)c2ccc3c(c2)OCCO3)C1. The molecule has 8 nitrogen and oxygen atoms in total. The van der Waals surface area contributed by atoms with E-state index in [1.807, 2.05) is 48.6 Å². The summed E-state index contributed by atoms with van der Waals surface area (Å²) in [5.74, 6) is 0.758. The van der Waals surface area contributed by atoms with Crippen LogP contribution in [0.1, 0.15) is 70.2 Å². The molecule has 2 aromatic rings. The third-order valence-corrected chi connectivity index (χ3v) is 14.5. The van der Waals surface area contributed by atoms with Crippen molar-refractivity contribution in [3.63, 3.8) is 0 Å². The first-order valence-electron chi connectivity index (χ1n) is 17.2. The Bertz CT molecular complexity index is 1440. The van der Waals surface area contributed by atoms with E-state index < -0.39 is 20.5 Å². The van der Waals surface area contributed by atoms with E-state index in [2.05, 4.69) is 61.7 Å². The minimum atomic E-state index is -2.31. The molecule has 1 aromatic heterocycles. The van der Waals surface area contributed by atoms with Gasteiger partial charge >= 0.3 is 0 Å². The summed E-state index contributed by atoms with van der Waals surface area (Å²) < 4.78 is 19.0. The molecule has 0 radical (unpaired) electrons. The number of pyridine rings is 1. The van der Waals surface area contributed by atoms with E-state index in [4.69, 9.17) is 13.9 Å². The number of aliphatic hydroxyl groups is 1. The van der Waals surface area contributed by atoms with Crippen molar-refractivity contribution in [2.45, 2.75) is 89.3 Å². The van der Waals surface area contributed by atoms with Crippen LogP contribution >= 0.6 is 0 Å². The van der Waals surface area contributed by atoms with Crippen LogP contribution in [0.2, 0.25) is 18.1 Å². The minimum absolute atomic E-state index is 0.0479. The van der Waals surface area contributed by atoms with Gasteiger partial charge in [0.2, 0.25) is 5.91 Å². The zero-order valence-corrected chi connectivity index (χ0v) is 29.8. The van der Waals surface area contributed by atoms with E-state index in [0.29, 0.717) is 44.8 Å². The molecule has 0 spiro atoms. The number of amides is 1. The van der Waals surface area contributed by atoms with E-state index in [1.54, 1.807) is 6.20 Å². The van der Waals surface area contributed by atoms with Crippen LogP contribution in [-0.4, -0.2) is 74.2 Å². The van der Waals surface area contributed by atoms with Gasteiger partial charge in [-0.3, -0.25) is 9.78 Å². The van der Waals surface area contributed by atoms with Gasteiger partial charge in [-0.2, -0.15) is 0 Å². The number of allylic oxidation sites excluding steroid dienone is 5. The topological polar surface area (TPSA) is 93.2 Å².